The van der Waals surface area contributed by atoms with Gasteiger partial charge in [-0.15, -0.1) is 0 Å². The number of halogens is 1. The quantitative estimate of drug-likeness (QED) is 0.867. The van der Waals surface area contributed by atoms with Gasteiger partial charge in [-0.1, -0.05) is 15.9 Å². The number of aromatic nitrogens is 3. The molecule has 6 heteroatoms. The van der Waals surface area contributed by atoms with E-state index in [1.54, 1.807) is 7.11 Å². The lowest BCUT2D eigenvalue weighted by Crippen LogP contribution is -2.03. The fourth-order valence-corrected chi connectivity index (χ4v) is 2.54. The van der Waals surface area contributed by atoms with Crippen LogP contribution in [0.25, 0.3) is 11.4 Å². The number of benzene rings is 1. The molecule has 1 N–H and O–H groups in total. The summed E-state index contributed by atoms with van der Waals surface area (Å²) in [5.41, 5.74) is 0.954. The van der Waals surface area contributed by atoms with Crippen LogP contribution in [0.3, 0.4) is 0 Å². The van der Waals surface area contributed by atoms with Crippen LogP contribution in [0.1, 0.15) is 19.9 Å². The van der Waals surface area contributed by atoms with E-state index in [1.807, 2.05) is 22.8 Å². The minimum atomic E-state index is 0.240. The van der Waals surface area contributed by atoms with E-state index in [9.17, 15) is 0 Å². The van der Waals surface area contributed by atoms with E-state index in [4.69, 9.17) is 17.0 Å². The predicted molar refractivity (Wildman–Crippen MR) is 77.5 cm³/mol. The second-order valence-corrected chi connectivity index (χ2v) is 5.40. The first kappa shape index (κ1) is 13.3. The number of hydrogen-bond acceptors (Lipinski definition) is 3. The van der Waals surface area contributed by atoms with E-state index in [-0.39, 0.29) is 6.04 Å². The molecule has 1 aromatic heterocycles. The molecule has 96 valence electrons. The Labute approximate surface area is 119 Å². The number of H-pyrrole nitrogens is 1. The fourth-order valence-electron chi connectivity index (χ4n) is 1.78. The van der Waals surface area contributed by atoms with Crippen LogP contribution in [0.5, 0.6) is 5.75 Å². The summed E-state index contributed by atoms with van der Waals surface area (Å²) < 4.78 is 8.80. The molecule has 0 fully saturated rings. The molecule has 0 radical (unpaired) electrons. The lowest BCUT2D eigenvalue weighted by atomic mass is 10.2. The van der Waals surface area contributed by atoms with Crippen LogP contribution in [-0.2, 0) is 0 Å². The maximum Gasteiger partial charge on any atom is 0.195 e. The molecule has 0 amide bonds. The van der Waals surface area contributed by atoms with Crippen molar-refractivity contribution in [2.75, 3.05) is 7.11 Å². The summed E-state index contributed by atoms with van der Waals surface area (Å²) in [6, 6.07) is 6.02. The van der Waals surface area contributed by atoms with Crippen molar-refractivity contribution in [1.29, 1.82) is 0 Å². The Morgan fingerprint density at radius 3 is 2.78 bits per heavy atom. The third-order valence-electron chi connectivity index (χ3n) is 2.64. The van der Waals surface area contributed by atoms with Gasteiger partial charge in [-0.05, 0) is 44.3 Å². The molecule has 0 unspecified atom stereocenters. The molecule has 0 saturated heterocycles. The molecule has 0 aliphatic heterocycles. The molecule has 0 spiro atoms. The highest BCUT2D eigenvalue weighted by Crippen LogP contribution is 2.31. The van der Waals surface area contributed by atoms with E-state index in [0.717, 1.165) is 21.6 Å². The molecule has 18 heavy (non-hydrogen) atoms. The molecule has 0 bridgehead atoms. The van der Waals surface area contributed by atoms with Crippen molar-refractivity contribution in [2.24, 2.45) is 0 Å². The van der Waals surface area contributed by atoms with Crippen molar-refractivity contribution in [3.63, 3.8) is 0 Å². The van der Waals surface area contributed by atoms with Crippen LogP contribution in [0.2, 0.25) is 0 Å². The normalized spacial score (nSPS) is 10.9. The summed E-state index contributed by atoms with van der Waals surface area (Å²) in [7, 11) is 1.65. The maximum atomic E-state index is 5.25. The van der Waals surface area contributed by atoms with Gasteiger partial charge in [-0.25, -0.2) is 0 Å². The summed E-state index contributed by atoms with van der Waals surface area (Å²) in [5, 5.41) is 7.14. The van der Waals surface area contributed by atoms with Gasteiger partial charge in [0.1, 0.15) is 5.75 Å². The topological polar surface area (TPSA) is 42.8 Å². The Kier molecular flexibility index (Phi) is 3.87. The van der Waals surface area contributed by atoms with Crippen molar-refractivity contribution >= 4 is 28.1 Å². The summed E-state index contributed by atoms with van der Waals surface area (Å²) in [5.74, 6) is 1.60. The lowest BCUT2D eigenvalue weighted by molar-refractivity contribution is 0.415. The molecule has 2 aromatic rings. The van der Waals surface area contributed by atoms with Crippen molar-refractivity contribution in [2.45, 2.75) is 19.9 Å². The highest BCUT2D eigenvalue weighted by atomic mass is 79.9. The van der Waals surface area contributed by atoms with Gasteiger partial charge in [-0.3, -0.25) is 9.67 Å². The van der Waals surface area contributed by atoms with Crippen molar-refractivity contribution < 1.29 is 4.74 Å². The number of ether oxygens (including phenoxy) is 1. The zero-order valence-corrected chi connectivity index (χ0v) is 12.8. The van der Waals surface area contributed by atoms with Gasteiger partial charge < -0.3 is 4.74 Å². The van der Waals surface area contributed by atoms with E-state index >= 15 is 0 Å². The van der Waals surface area contributed by atoms with Crippen LogP contribution in [0.4, 0.5) is 0 Å². The number of nitrogens with zero attached hydrogens (tertiary/aromatic N) is 2. The van der Waals surface area contributed by atoms with Gasteiger partial charge in [0.25, 0.3) is 0 Å². The van der Waals surface area contributed by atoms with Crippen LogP contribution in [0, 0.1) is 4.77 Å². The maximum absolute atomic E-state index is 5.25. The standard InChI is InChI=1S/C12H14BrN3OS/c1-7(2)16-11(14-15-12(16)18)9-6-8(17-3)4-5-10(9)13/h4-7H,1-3H3,(H,15,18). The highest BCUT2D eigenvalue weighted by Gasteiger charge is 2.14. The van der Waals surface area contributed by atoms with Crippen molar-refractivity contribution in [1.82, 2.24) is 14.8 Å². The second-order valence-electron chi connectivity index (χ2n) is 4.16. The Bertz CT molecular complexity index is 618. The smallest absolute Gasteiger partial charge is 0.195 e. The average Bonchev–Trinajstić information content (AvgIpc) is 2.72. The van der Waals surface area contributed by atoms with Crippen LogP contribution < -0.4 is 4.74 Å². The minimum Gasteiger partial charge on any atom is -0.497 e. The Morgan fingerprint density at radius 1 is 1.44 bits per heavy atom. The largest absolute Gasteiger partial charge is 0.497 e. The molecule has 0 aliphatic carbocycles. The predicted octanol–water partition coefficient (Wildman–Crippen LogP) is 3.96. The number of hydrogen-bond donors (Lipinski definition) is 1. The van der Waals surface area contributed by atoms with Crippen LogP contribution in [-0.4, -0.2) is 21.9 Å². The van der Waals surface area contributed by atoms with Gasteiger partial charge in [-0.2, -0.15) is 5.10 Å². The van der Waals surface area contributed by atoms with Crippen molar-refractivity contribution in [3.8, 4) is 17.1 Å². The molecule has 0 saturated carbocycles. The molecule has 1 aromatic carbocycles. The fraction of sp³-hybridized carbons (Fsp3) is 0.333. The Hall–Kier alpha value is -1.14. The number of rotatable bonds is 3. The van der Waals surface area contributed by atoms with Gasteiger partial charge in [0.2, 0.25) is 0 Å². The van der Waals surface area contributed by atoms with Gasteiger partial charge in [0, 0.05) is 16.1 Å². The van der Waals surface area contributed by atoms with E-state index in [2.05, 4.69) is 40.0 Å². The molecule has 0 atom stereocenters. The lowest BCUT2D eigenvalue weighted by Gasteiger charge is -2.12. The first-order valence-corrected chi connectivity index (χ1v) is 6.75. The SMILES string of the molecule is COc1ccc(Br)c(-c2n[nH]c(=S)n2C(C)C)c1. The van der Waals surface area contributed by atoms with E-state index in [1.165, 1.54) is 0 Å². The summed E-state index contributed by atoms with van der Waals surface area (Å²) in [6.45, 7) is 4.14. The molecular weight excluding hydrogens is 314 g/mol. The zero-order valence-electron chi connectivity index (χ0n) is 10.4. The molecule has 2 rings (SSSR count). The number of aromatic amines is 1. The first-order chi connectivity index (χ1) is 8.54. The number of methoxy groups -OCH3 is 1. The molecule has 1 heterocycles. The summed E-state index contributed by atoms with van der Waals surface area (Å²) in [6.07, 6.45) is 0. The van der Waals surface area contributed by atoms with Crippen molar-refractivity contribution in [3.05, 3.63) is 27.4 Å². The first-order valence-electron chi connectivity index (χ1n) is 5.55. The monoisotopic (exact) mass is 327 g/mol. The summed E-state index contributed by atoms with van der Waals surface area (Å²) in [4.78, 5) is 0. The molecule has 0 aliphatic rings. The second kappa shape index (κ2) is 5.24. The Morgan fingerprint density at radius 2 is 2.17 bits per heavy atom. The molecular formula is C12H14BrN3OS. The number of nitrogens with one attached hydrogen (secondary N) is 1. The average molecular weight is 328 g/mol. The summed E-state index contributed by atoms with van der Waals surface area (Å²) >= 11 is 8.78. The third kappa shape index (κ3) is 2.35. The van der Waals surface area contributed by atoms with Gasteiger partial charge >= 0.3 is 0 Å². The van der Waals surface area contributed by atoms with E-state index in [0.29, 0.717) is 4.77 Å². The van der Waals surface area contributed by atoms with Crippen LogP contribution >= 0.6 is 28.1 Å². The minimum absolute atomic E-state index is 0.240. The van der Waals surface area contributed by atoms with E-state index < -0.39 is 0 Å². The van der Waals surface area contributed by atoms with Gasteiger partial charge in [0.15, 0.2) is 10.6 Å². The van der Waals surface area contributed by atoms with Crippen LogP contribution in [0.15, 0.2) is 22.7 Å². The highest BCUT2D eigenvalue weighted by molar-refractivity contribution is 9.10. The molecule has 4 nitrogen and oxygen atoms in total. The third-order valence-corrected chi connectivity index (χ3v) is 3.61. The zero-order chi connectivity index (χ0) is 13.3. The van der Waals surface area contributed by atoms with Gasteiger partial charge in [0.05, 0.1) is 7.11 Å². The Balaban J connectivity index is 2.65.